The van der Waals surface area contributed by atoms with E-state index in [1.807, 2.05) is 33.8 Å². The van der Waals surface area contributed by atoms with Crippen LogP contribution in [0.15, 0.2) is 10.6 Å². The third-order valence-electron chi connectivity index (χ3n) is 3.15. The molecule has 0 saturated carbocycles. The summed E-state index contributed by atoms with van der Waals surface area (Å²) in [7, 11) is 0. The highest BCUT2D eigenvalue weighted by Gasteiger charge is 2.35. The van der Waals surface area contributed by atoms with Crippen molar-refractivity contribution in [3.63, 3.8) is 0 Å². The van der Waals surface area contributed by atoms with Gasteiger partial charge in [0.05, 0.1) is 11.7 Å². The van der Waals surface area contributed by atoms with Gasteiger partial charge >= 0.3 is 6.09 Å². The Labute approximate surface area is 113 Å². The summed E-state index contributed by atoms with van der Waals surface area (Å²) < 4.78 is 10.8. The Morgan fingerprint density at radius 2 is 2.32 bits per heavy atom. The molecule has 0 spiro atoms. The Hall–Kier alpha value is -1.52. The molecule has 1 aromatic rings. The van der Waals surface area contributed by atoms with E-state index in [0.717, 1.165) is 30.7 Å². The zero-order valence-corrected chi connectivity index (χ0v) is 12.1. The van der Waals surface area contributed by atoms with Gasteiger partial charge in [-0.25, -0.2) is 4.79 Å². The molecule has 0 bridgehead atoms. The van der Waals surface area contributed by atoms with E-state index < -0.39 is 5.60 Å². The standard InChI is InChI=1S/C14H22N2O3/c1-5-10-9-12(19-15-10)11-7-6-8-16(11)13(17)18-14(2,3)4/h9,11H,5-8H2,1-4H3. The topological polar surface area (TPSA) is 55.6 Å². The predicted octanol–water partition coefficient (Wildman–Crippen LogP) is 3.31. The highest BCUT2D eigenvalue weighted by Crippen LogP contribution is 2.33. The van der Waals surface area contributed by atoms with Crippen LogP contribution in [0.1, 0.15) is 58.0 Å². The van der Waals surface area contributed by atoms with Crippen molar-refractivity contribution in [1.29, 1.82) is 0 Å². The van der Waals surface area contributed by atoms with E-state index in [1.165, 1.54) is 0 Å². The highest BCUT2D eigenvalue weighted by molar-refractivity contribution is 5.69. The molecule has 1 aromatic heterocycles. The van der Waals surface area contributed by atoms with Crippen LogP contribution in [0.4, 0.5) is 4.79 Å². The van der Waals surface area contributed by atoms with E-state index in [4.69, 9.17) is 9.26 Å². The van der Waals surface area contributed by atoms with Crippen molar-refractivity contribution in [3.8, 4) is 0 Å². The van der Waals surface area contributed by atoms with Crippen molar-refractivity contribution in [3.05, 3.63) is 17.5 Å². The second-order valence-corrected chi connectivity index (χ2v) is 5.91. The van der Waals surface area contributed by atoms with Crippen molar-refractivity contribution in [1.82, 2.24) is 10.1 Å². The summed E-state index contributed by atoms with van der Waals surface area (Å²) >= 11 is 0. The number of carbonyl (C=O) groups is 1. The summed E-state index contributed by atoms with van der Waals surface area (Å²) in [6.07, 6.45) is 2.43. The number of ether oxygens (including phenoxy) is 1. The zero-order valence-electron chi connectivity index (χ0n) is 12.1. The Morgan fingerprint density at radius 1 is 1.58 bits per heavy atom. The molecule has 19 heavy (non-hydrogen) atoms. The lowest BCUT2D eigenvalue weighted by Crippen LogP contribution is -2.36. The zero-order chi connectivity index (χ0) is 14.0. The van der Waals surface area contributed by atoms with Gasteiger partial charge in [0, 0.05) is 12.6 Å². The smallest absolute Gasteiger partial charge is 0.410 e. The molecule has 1 unspecified atom stereocenters. The average Bonchev–Trinajstić information content (AvgIpc) is 2.95. The molecule has 2 rings (SSSR count). The highest BCUT2D eigenvalue weighted by atomic mass is 16.6. The van der Waals surface area contributed by atoms with E-state index >= 15 is 0 Å². The minimum absolute atomic E-state index is 0.0392. The predicted molar refractivity (Wildman–Crippen MR) is 70.8 cm³/mol. The van der Waals surface area contributed by atoms with E-state index in [0.29, 0.717) is 6.54 Å². The summed E-state index contributed by atoms with van der Waals surface area (Å²) in [6.45, 7) is 8.36. The van der Waals surface area contributed by atoms with Gasteiger partial charge in [0.25, 0.3) is 0 Å². The van der Waals surface area contributed by atoms with Gasteiger partial charge in [0.2, 0.25) is 0 Å². The first-order chi connectivity index (χ1) is 8.90. The van der Waals surface area contributed by atoms with Crippen LogP contribution in [0.5, 0.6) is 0 Å². The molecule has 5 heteroatoms. The van der Waals surface area contributed by atoms with Crippen molar-refractivity contribution in [2.24, 2.45) is 0 Å². The van der Waals surface area contributed by atoms with Crippen molar-refractivity contribution < 1.29 is 14.1 Å². The fourth-order valence-electron chi connectivity index (χ4n) is 2.25. The number of nitrogens with zero attached hydrogens (tertiary/aromatic N) is 2. The largest absolute Gasteiger partial charge is 0.444 e. The van der Waals surface area contributed by atoms with Gasteiger partial charge in [-0.05, 0) is 40.0 Å². The second-order valence-electron chi connectivity index (χ2n) is 5.91. The number of hydrogen-bond acceptors (Lipinski definition) is 4. The molecule has 1 aliphatic heterocycles. The molecule has 0 N–H and O–H groups in total. The number of rotatable bonds is 2. The van der Waals surface area contributed by atoms with Crippen LogP contribution in [0.2, 0.25) is 0 Å². The first-order valence-corrected chi connectivity index (χ1v) is 6.86. The fraction of sp³-hybridized carbons (Fsp3) is 0.714. The second kappa shape index (κ2) is 5.23. The Balaban J connectivity index is 2.10. The van der Waals surface area contributed by atoms with Crippen LogP contribution in [0, 0.1) is 0 Å². The molecule has 2 heterocycles. The van der Waals surface area contributed by atoms with E-state index in [-0.39, 0.29) is 12.1 Å². The minimum Gasteiger partial charge on any atom is -0.444 e. The lowest BCUT2D eigenvalue weighted by Gasteiger charge is -2.27. The van der Waals surface area contributed by atoms with Crippen molar-refractivity contribution in [2.45, 2.75) is 58.6 Å². The maximum atomic E-state index is 12.2. The lowest BCUT2D eigenvalue weighted by atomic mass is 10.1. The number of hydrogen-bond donors (Lipinski definition) is 0. The van der Waals surface area contributed by atoms with Gasteiger partial charge in [0.15, 0.2) is 5.76 Å². The van der Waals surface area contributed by atoms with Crippen LogP contribution in [-0.4, -0.2) is 28.3 Å². The molecular weight excluding hydrogens is 244 g/mol. The maximum Gasteiger partial charge on any atom is 0.410 e. The van der Waals surface area contributed by atoms with Crippen LogP contribution >= 0.6 is 0 Å². The number of carbonyl (C=O) groups excluding carboxylic acids is 1. The van der Waals surface area contributed by atoms with Gasteiger partial charge < -0.3 is 9.26 Å². The van der Waals surface area contributed by atoms with Crippen LogP contribution in [0.25, 0.3) is 0 Å². The average molecular weight is 266 g/mol. The summed E-state index contributed by atoms with van der Waals surface area (Å²) in [5.41, 5.74) is 0.450. The Kier molecular flexibility index (Phi) is 3.83. The maximum absolute atomic E-state index is 12.2. The first-order valence-electron chi connectivity index (χ1n) is 6.86. The van der Waals surface area contributed by atoms with Crippen molar-refractivity contribution >= 4 is 6.09 Å². The molecular formula is C14H22N2O3. The molecule has 1 aliphatic rings. The fourth-order valence-corrected chi connectivity index (χ4v) is 2.25. The van der Waals surface area contributed by atoms with Gasteiger partial charge in [-0.1, -0.05) is 12.1 Å². The Bertz CT molecular complexity index is 448. The summed E-state index contributed by atoms with van der Waals surface area (Å²) in [5.74, 6) is 0.764. The minimum atomic E-state index is -0.472. The van der Waals surface area contributed by atoms with Crippen LogP contribution in [0.3, 0.4) is 0 Å². The van der Waals surface area contributed by atoms with Gasteiger partial charge in [-0.15, -0.1) is 0 Å². The molecule has 1 amide bonds. The van der Waals surface area contributed by atoms with E-state index in [9.17, 15) is 4.79 Å². The monoisotopic (exact) mass is 266 g/mol. The third-order valence-corrected chi connectivity index (χ3v) is 3.15. The normalized spacial score (nSPS) is 19.8. The first kappa shape index (κ1) is 13.9. The molecule has 0 aromatic carbocycles. The van der Waals surface area contributed by atoms with Crippen molar-refractivity contribution in [2.75, 3.05) is 6.54 Å². The molecule has 1 saturated heterocycles. The molecule has 106 valence electrons. The third kappa shape index (κ3) is 3.28. The summed E-state index contributed by atoms with van der Waals surface area (Å²) in [4.78, 5) is 13.9. The molecule has 1 fully saturated rings. The van der Waals surface area contributed by atoms with E-state index in [2.05, 4.69) is 5.16 Å². The molecule has 0 aliphatic carbocycles. The SMILES string of the molecule is CCc1cc(C2CCCN2C(=O)OC(C)(C)C)on1. The van der Waals surface area contributed by atoms with E-state index in [1.54, 1.807) is 4.90 Å². The lowest BCUT2D eigenvalue weighted by molar-refractivity contribution is 0.0204. The molecule has 5 nitrogen and oxygen atoms in total. The number of amides is 1. The Morgan fingerprint density at radius 3 is 2.89 bits per heavy atom. The van der Waals surface area contributed by atoms with Crippen LogP contribution < -0.4 is 0 Å². The summed E-state index contributed by atoms with van der Waals surface area (Å²) in [6, 6.07) is 1.90. The number of likely N-dealkylation sites (tertiary alicyclic amines) is 1. The summed E-state index contributed by atoms with van der Waals surface area (Å²) in [5, 5.41) is 3.99. The number of aromatic nitrogens is 1. The van der Waals surface area contributed by atoms with Crippen LogP contribution in [-0.2, 0) is 11.2 Å². The quantitative estimate of drug-likeness (QED) is 0.824. The van der Waals surface area contributed by atoms with Gasteiger partial charge in [-0.2, -0.15) is 0 Å². The number of aryl methyl sites for hydroxylation is 1. The molecule has 1 atom stereocenters. The van der Waals surface area contributed by atoms with Gasteiger partial charge in [0.1, 0.15) is 5.60 Å². The molecule has 0 radical (unpaired) electrons. The van der Waals surface area contributed by atoms with Gasteiger partial charge in [-0.3, -0.25) is 4.90 Å².